The van der Waals surface area contributed by atoms with Crippen molar-refractivity contribution < 1.29 is 24.2 Å². The van der Waals surface area contributed by atoms with Gasteiger partial charge >= 0.3 is 5.97 Å². The topological polar surface area (TPSA) is 72.8 Å². The molecule has 5 heteroatoms. The minimum Gasteiger partial charge on any atom is -0.508 e. The summed E-state index contributed by atoms with van der Waals surface area (Å²) in [5, 5.41) is 9.55. The van der Waals surface area contributed by atoms with E-state index in [0.29, 0.717) is 5.75 Å². The Balaban J connectivity index is 2.19. The zero-order chi connectivity index (χ0) is 14.9. The molecule has 0 aliphatic carbocycles. The lowest BCUT2D eigenvalue weighted by molar-refractivity contribution is -0.141. The number of rotatable bonds is 4. The third kappa shape index (κ3) is 2.99. The van der Waals surface area contributed by atoms with Gasteiger partial charge in [-0.3, -0.25) is 9.59 Å². The van der Waals surface area contributed by atoms with Crippen LogP contribution in [0.25, 0.3) is 0 Å². The lowest BCUT2D eigenvalue weighted by Gasteiger charge is -2.28. The van der Waals surface area contributed by atoms with Crippen LogP contribution < -0.4 is 4.74 Å². The van der Waals surface area contributed by atoms with E-state index in [9.17, 15) is 14.7 Å². The van der Waals surface area contributed by atoms with Crippen LogP contribution >= 0.6 is 0 Å². The Kier molecular flexibility index (Phi) is 3.81. The molecule has 1 unspecified atom stereocenters. The Morgan fingerprint density at radius 3 is 2.85 bits per heavy atom. The second-order valence-electron chi connectivity index (χ2n) is 5.47. The molecule has 1 atom stereocenters. The third-order valence-electron chi connectivity index (χ3n) is 3.56. The van der Waals surface area contributed by atoms with Gasteiger partial charge in [-0.25, -0.2) is 0 Å². The van der Waals surface area contributed by atoms with Gasteiger partial charge in [-0.2, -0.15) is 0 Å². The molecule has 108 valence electrons. The number of phenolic OH excluding ortho intramolecular Hbond substituents is 1. The molecule has 5 nitrogen and oxygen atoms in total. The van der Waals surface area contributed by atoms with Gasteiger partial charge in [0.05, 0.1) is 13.0 Å². The minimum atomic E-state index is -0.891. The van der Waals surface area contributed by atoms with Gasteiger partial charge in [0.25, 0.3) is 0 Å². The molecule has 1 N–H and O–H groups in total. The van der Waals surface area contributed by atoms with Gasteiger partial charge in [0.15, 0.2) is 5.78 Å². The predicted octanol–water partition coefficient (Wildman–Crippen LogP) is 2.17. The van der Waals surface area contributed by atoms with Crippen LogP contribution in [-0.4, -0.2) is 29.1 Å². The molecule has 1 aliphatic rings. The van der Waals surface area contributed by atoms with Gasteiger partial charge in [0, 0.05) is 11.5 Å². The Morgan fingerprint density at radius 2 is 2.20 bits per heavy atom. The number of ether oxygens (including phenoxy) is 2. The highest BCUT2D eigenvalue weighted by atomic mass is 16.5. The summed E-state index contributed by atoms with van der Waals surface area (Å²) in [5.74, 6) is -0.0905. The van der Waals surface area contributed by atoms with Gasteiger partial charge in [0.1, 0.15) is 17.1 Å². The average molecular weight is 278 g/mol. The number of hydrogen-bond donors (Lipinski definition) is 1. The van der Waals surface area contributed by atoms with Crippen molar-refractivity contribution in [3.63, 3.8) is 0 Å². The molecule has 1 aromatic carbocycles. The zero-order valence-corrected chi connectivity index (χ0v) is 11.8. The smallest absolute Gasteiger partial charge is 0.311 e. The molecule has 0 fully saturated rings. The molecule has 1 aliphatic heterocycles. The number of aromatic hydroxyl groups is 1. The van der Waals surface area contributed by atoms with E-state index < -0.39 is 5.60 Å². The van der Waals surface area contributed by atoms with Crippen LogP contribution in [-0.2, 0) is 14.3 Å². The van der Waals surface area contributed by atoms with E-state index >= 15 is 0 Å². The van der Waals surface area contributed by atoms with Crippen molar-refractivity contribution >= 4 is 11.8 Å². The maximum atomic E-state index is 11.6. The first kappa shape index (κ1) is 14.5. The quantitative estimate of drug-likeness (QED) is 0.675. The molecular formula is C15H18O5. The van der Waals surface area contributed by atoms with Crippen LogP contribution in [0.1, 0.15) is 38.7 Å². The van der Waals surface area contributed by atoms with Crippen LogP contribution in [0.4, 0.5) is 0 Å². The van der Waals surface area contributed by atoms with Gasteiger partial charge < -0.3 is 14.6 Å². The number of Topliss-reactive ketones (excluding diaryl/α,β-unsaturated/α-hetero) is 1. The summed E-state index contributed by atoms with van der Waals surface area (Å²) in [4.78, 5) is 23.0. The van der Waals surface area contributed by atoms with Crippen molar-refractivity contribution in [3.8, 4) is 11.5 Å². The lowest BCUT2D eigenvalue weighted by atomic mass is 9.93. The summed E-state index contributed by atoms with van der Waals surface area (Å²) >= 11 is 0. The molecule has 20 heavy (non-hydrogen) atoms. The Hall–Kier alpha value is -1.88. The van der Waals surface area contributed by atoms with Crippen LogP contribution in [0.3, 0.4) is 0 Å². The second-order valence-corrected chi connectivity index (χ2v) is 5.47. The van der Waals surface area contributed by atoms with Crippen LogP contribution in [0.2, 0.25) is 0 Å². The highest BCUT2D eigenvalue weighted by Gasteiger charge is 2.31. The maximum Gasteiger partial charge on any atom is 0.311 e. The van der Waals surface area contributed by atoms with E-state index in [1.807, 2.05) is 0 Å². The Morgan fingerprint density at radius 1 is 1.50 bits per heavy atom. The summed E-state index contributed by atoms with van der Waals surface area (Å²) in [6.07, 6.45) is 0.171. The van der Waals surface area contributed by atoms with Gasteiger partial charge in [-0.05, 0) is 39.0 Å². The molecule has 1 aromatic rings. The standard InChI is InChI=1S/C15H18O5/c1-9(16)15(2,3)19-8-10-6-14(18)20-13-5-4-11(17)7-12(10)13/h4-5,7,10,17H,6,8H2,1-3H3. The molecule has 2 rings (SSSR count). The highest BCUT2D eigenvalue weighted by molar-refractivity contribution is 5.84. The summed E-state index contributed by atoms with van der Waals surface area (Å²) in [5.41, 5.74) is -0.165. The molecule has 0 aromatic heterocycles. The molecule has 0 amide bonds. The van der Waals surface area contributed by atoms with Gasteiger partial charge in [-0.15, -0.1) is 0 Å². The van der Waals surface area contributed by atoms with E-state index in [2.05, 4.69) is 0 Å². The van der Waals surface area contributed by atoms with Crippen molar-refractivity contribution in [2.45, 2.75) is 38.7 Å². The molecule has 0 bridgehead atoms. The molecule has 1 heterocycles. The average Bonchev–Trinajstić information content (AvgIpc) is 2.36. The largest absolute Gasteiger partial charge is 0.508 e. The number of esters is 1. The normalized spacial score (nSPS) is 18.4. The molecular weight excluding hydrogens is 260 g/mol. The number of ketones is 1. The number of hydrogen-bond acceptors (Lipinski definition) is 5. The monoisotopic (exact) mass is 278 g/mol. The predicted molar refractivity (Wildman–Crippen MR) is 71.8 cm³/mol. The van der Waals surface area contributed by atoms with Gasteiger partial charge in [-0.1, -0.05) is 0 Å². The van der Waals surface area contributed by atoms with Crippen molar-refractivity contribution in [1.29, 1.82) is 0 Å². The fourth-order valence-electron chi connectivity index (χ4n) is 1.98. The number of benzene rings is 1. The van der Waals surface area contributed by atoms with E-state index in [1.165, 1.54) is 13.0 Å². The van der Waals surface area contributed by atoms with Crippen molar-refractivity contribution in [3.05, 3.63) is 23.8 Å². The van der Waals surface area contributed by atoms with Crippen LogP contribution in [0.15, 0.2) is 18.2 Å². The molecule has 0 saturated heterocycles. The fraction of sp³-hybridized carbons (Fsp3) is 0.467. The fourth-order valence-corrected chi connectivity index (χ4v) is 1.98. The molecule has 0 spiro atoms. The Bertz CT molecular complexity index is 547. The number of carbonyl (C=O) groups excluding carboxylic acids is 2. The zero-order valence-electron chi connectivity index (χ0n) is 11.8. The lowest BCUT2D eigenvalue weighted by Crippen LogP contribution is -2.35. The number of phenols is 1. The maximum absolute atomic E-state index is 11.6. The first-order valence-corrected chi connectivity index (χ1v) is 6.48. The van der Waals surface area contributed by atoms with Crippen LogP contribution in [0.5, 0.6) is 11.5 Å². The second kappa shape index (κ2) is 5.25. The number of fused-ring (bicyclic) bond motifs is 1. The summed E-state index contributed by atoms with van der Waals surface area (Å²) < 4.78 is 10.8. The Labute approximate surface area is 117 Å². The van der Waals surface area contributed by atoms with Crippen molar-refractivity contribution in [2.75, 3.05) is 6.61 Å². The summed E-state index contributed by atoms with van der Waals surface area (Å²) in [6.45, 7) is 5.08. The van der Waals surface area contributed by atoms with E-state index in [0.717, 1.165) is 5.56 Å². The van der Waals surface area contributed by atoms with E-state index in [1.54, 1.807) is 26.0 Å². The third-order valence-corrected chi connectivity index (χ3v) is 3.56. The summed E-state index contributed by atoms with van der Waals surface area (Å²) in [7, 11) is 0. The first-order chi connectivity index (χ1) is 9.29. The summed E-state index contributed by atoms with van der Waals surface area (Å²) in [6, 6.07) is 4.59. The van der Waals surface area contributed by atoms with Crippen molar-refractivity contribution in [1.82, 2.24) is 0 Å². The molecule has 0 saturated carbocycles. The first-order valence-electron chi connectivity index (χ1n) is 6.48. The van der Waals surface area contributed by atoms with Crippen LogP contribution in [0, 0.1) is 0 Å². The SMILES string of the molecule is CC(=O)C(C)(C)OCC1CC(=O)Oc2ccc(O)cc21. The van der Waals surface area contributed by atoms with E-state index in [-0.39, 0.29) is 36.4 Å². The van der Waals surface area contributed by atoms with Crippen molar-refractivity contribution in [2.24, 2.45) is 0 Å². The molecule has 0 radical (unpaired) electrons. The van der Waals surface area contributed by atoms with E-state index in [4.69, 9.17) is 9.47 Å². The number of carbonyl (C=O) groups is 2. The van der Waals surface area contributed by atoms with Gasteiger partial charge in [0.2, 0.25) is 0 Å². The minimum absolute atomic E-state index is 0.0768. The highest BCUT2D eigenvalue weighted by Crippen LogP contribution is 2.37.